The highest BCUT2D eigenvalue weighted by molar-refractivity contribution is 6.06. The molecule has 1 saturated heterocycles. The number of nitrogens with two attached hydrogens (primary N) is 1. The van der Waals surface area contributed by atoms with Gasteiger partial charge in [-0.25, -0.2) is 9.59 Å². The SMILES string of the molecule is NCCCC1C(=O)N(CC(=O)NC(CC(=O)O)C(=O)NC(C(=O)O)c2ccccc2)C(=O)N1Cc1ccccc1. The van der Waals surface area contributed by atoms with Gasteiger partial charge in [0.2, 0.25) is 11.8 Å². The van der Waals surface area contributed by atoms with Crippen LogP contribution in [0.4, 0.5) is 4.79 Å². The largest absolute Gasteiger partial charge is 0.481 e. The Morgan fingerprint density at radius 3 is 2.12 bits per heavy atom. The van der Waals surface area contributed by atoms with Crippen LogP contribution in [0.5, 0.6) is 0 Å². The number of amides is 5. The number of benzene rings is 2. The number of aliphatic carboxylic acids is 2. The molecule has 0 radical (unpaired) electrons. The molecule has 1 aliphatic rings. The molecule has 0 aliphatic carbocycles. The molecule has 1 aliphatic heterocycles. The summed E-state index contributed by atoms with van der Waals surface area (Å²) in [7, 11) is 0. The van der Waals surface area contributed by atoms with E-state index in [2.05, 4.69) is 10.6 Å². The minimum absolute atomic E-state index is 0.124. The number of nitrogens with zero attached hydrogens (tertiary/aromatic N) is 2. The number of rotatable bonds is 14. The normalized spacial score (nSPS) is 16.4. The molecule has 2 aromatic carbocycles. The smallest absolute Gasteiger partial charge is 0.330 e. The van der Waals surface area contributed by atoms with Crippen molar-refractivity contribution in [1.29, 1.82) is 0 Å². The van der Waals surface area contributed by atoms with Gasteiger partial charge in [-0.1, -0.05) is 60.7 Å². The van der Waals surface area contributed by atoms with Gasteiger partial charge in [0.15, 0.2) is 6.04 Å². The van der Waals surface area contributed by atoms with E-state index in [-0.39, 0.29) is 18.5 Å². The Balaban J connectivity index is 1.73. The Bertz CT molecular complexity index is 1240. The average Bonchev–Trinajstić information content (AvgIpc) is 3.14. The Kier molecular flexibility index (Phi) is 10.3. The van der Waals surface area contributed by atoms with Gasteiger partial charge in [-0.2, -0.15) is 0 Å². The Morgan fingerprint density at radius 2 is 1.55 bits per heavy atom. The Labute approximate surface area is 229 Å². The molecule has 3 unspecified atom stereocenters. The number of hydrogen-bond donors (Lipinski definition) is 5. The quantitative estimate of drug-likeness (QED) is 0.206. The third-order valence-corrected chi connectivity index (χ3v) is 6.28. The molecule has 6 N–H and O–H groups in total. The fourth-order valence-corrected chi connectivity index (χ4v) is 4.33. The second kappa shape index (κ2) is 13.8. The molecule has 1 heterocycles. The minimum Gasteiger partial charge on any atom is -0.481 e. The monoisotopic (exact) mass is 553 g/mol. The number of carboxylic acid groups (broad SMARTS) is 2. The van der Waals surface area contributed by atoms with Crippen molar-refractivity contribution in [3.63, 3.8) is 0 Å². The van der Waals surface area contributed by atoms with E-state index >= 15 is 0 Å². The molecule has 212 valence electrons. The second-order valence-electron chi connectivity index (χ2n) is 9.18. The summed E-state index contributed by atoms with van der Waals surface area (Å²) >= 11 is 0. The van der Waals surface area contributed by atoms with E-state index in [9.17, 15) is 39.0 Å². The van der Waals surface area contributed by atoms with Crippen molar-refractivity contribution in [2.24, 2.45) is 5.73 Å². The number of carboxylic acids is 2. The highest BCUT2D eigenvalue weighted by atomic mass is 16.4. The molecule has 5 amide bonds. The van der Waals surface area contributed by atoms with Crippen LogP contribution in [-0.2, 0) is 30.5 Å². The summed E-state index contributed by atoms with van der Waals surface area (Å²) in [4.78, 5) is 77.3. The summed E-state index contributed by atoms with van der Waals surface area (Å²) < 4.78 is 0. The van der Waals surface area contributed by atoms with E-state index in [1.165, 1.54) is 17.0 Å². The number of carbonyl (C=O) groups is 6. The van der Waals surface area contributed by atoms with Crippen LogP contribution < -0.4 is 16.4 Å². The summed E-state index contributed by atoms with van der Waals surface area (Å²) in [6.07, 6.45) is -0.117. The van der Waals surface area contributed by atoms with Gasteiger partial charge in [-0.05, 0) is 30.5 Å². The van der Waals surface area contributed by atoms with E-state index in [0.29, 0.717) is 13.0 Å². The molecule has 0 bridgehead atoms. The first-order chi connectivity index (χ1) is 19.1. The van der Waals surface area contributed by atoms with Gasteiger partial charge in [-0.3, -0.25) is 24.1 Å². The molecular formula is C27H31N5O8. The molecule has 0 saturated carbocycles. The molecule has 3 atom stereocenters. The third-order valence-electron chi connectivity index (χ3n) is 6.28. The minimum atomic E-state index is -1.67. The molecule has 0 aromatic heterocycles. The number of imide groups is 1. The van der Waals surface area contributed by atoms with Crippen LogP contribution in [0, 0.1) is 0 Å². The fraction of sp³-hybridized carbons (Fsp3) is 0.333. The number of hydrogen-bond acceptors (Lipinski definition) is 7. The van der Waals surface area contributed by atoms with E-state index in [1.807, 2.05) is 6.07 Å². The molecule has 1 fully saturated rings. The van der Waals surface area contributed by atoms with Gasteiger partial charge in [0, 0.05) is 6.54 Å². The van der Waals surface area contributed by atoms with Gasteiger partial charge >= 0.3 is 18.0 Å². The van der Waals surface area contributed by atoms with Crippen LogP contribution in [0.1, 0.15) is 36.4 Å². The maximum absolute atomic E-state index is 13.2. The molecule has 3 rings (SSSR count). The van der Waals surface area contributed by atoms with Crippen LogP contribution in [0.15, 0.2) is 60.7 Å². The number of nitrogens with one attached hydrogen (secondary N) is 2. The van der Waals surface area contributed by atoms with Crippen molar-refractivity contribution in [3.05, 3.63) is 71.8 Å². The first kappa shape index (κ1) is 29.8. The summed E-state index contributed by atoms with van der Waals surface area (Å²) in [5, 5.41) is 23.3. The van der Waals surface area contributed by atoms with Crippen LogP contribution in [0.3, 0.4) is 0 Å². The third kappa shape index (κ3) is 7.63. The lowest BCUT2D eigenvalue weighted by Crippen LogP contribution is -2.52. The lowest BCUT2D eigenvalue weighted by Gasteiger charge is -2.22. The second-order valence-corrected chi connectivity index (χ2v) is 9.18. The lowest BCUT2D eigenvalue weighted by atomic mass is 10.1. The predicted octanol–water partition coefficient (Wildman–Crippen LogP) is 0.460. The Hall–Kier alpha value is -4.78. The standard InChI is InChI=1S/C27H31N5O8/c28-13-7-12-20-25(37)32(27(40)31(20)15-17-8-3-1-4-9-17)16-21(33)29-19(14-22(34)35)24(36)30-23(26(38)39)18-10-5-2-6-11-18/h1-6,8-11,19-20,23H,7,12-16,28H2,(H,29,33)(H,30,36)(H,34,35)(H,38,39). The number of carbonyl (C=O) groups excluding carboxylic acids is 4. The van der Waals surface area contributed by atoms with Crippen molar-refractivity contribution in [1.82, 2.24) is 20.4 Å². The zero-order valence-corrected chi connectivity index (χ0v) is 21.6. The van der Waals surface area contributed by atoms with E-state index < -0.39 is 66.8 Å². The lowest BCUT2D eigenvalue weighted by molar-refractivity contribution is -0.143. The highest BCUT2D eigenvalue weighted by Crippen LogP contribution is 2.24. The van der Waals surface area contributed by atoms with Gasteiger partial charge in [0.05, 0.1) is 6.42 Å². The molecule has 40 heavy (non-hydrogen) atoms. The molecule has 13 nitrogen and oxygen atoms in total. The summed E-state index contributed by atoms with van der Waals surface area (Å²) in [6.45, 7) is -0.338. The zero-order valence-electron chi connectivity index (χ0n) is 21.6. The molecule has 2 aromatic rings. The zero-order chi connectivity index (χ0) is 29.2. The van der Waals surface area contributed by atoms with Crippen LogP contribution in [-0.4, -0.2) is 80.9 Å². The van der Waals surface area contributed by atoms with Gasteiger partial charge in [0.1, 0.15) is 18.6 Å². The highest BCUT2D eigenvalue weighted by Gasteiger charge is 2.45. The first-order valence-electron chi connectivity index (χ1n) is 12.6. The predicted molar refractivity (Wildman–Crippen MR) is 140 cm³/mol. The molecular weight excluding hydrogens is 522 g/mol. The summed E-state index contributed by atoms with van der Waals surface area (Å²) in [6, 6.07) is 12.0. The van der Waals surface area contributed by atoms with E-state index in [0.717, 1.165) is 10.5 Å². The summed E-state index contributed by atoms with van der Waals surface area (Å²) in [5.41, 5.74) is 6.61. The van der Waals surface area contributed by atoms with Gasteiger partial charge in [0.25, 0.3) is 5.91 Å². The van der Waals surface area contributed by atoms with Crippen molar-refractivity contribution in [2.45, 2.75) is 43.9 Å². The van der Waals surface area contributed by atoms with Crippen molar-refractivity contribution < 1.29 is 39.0 Å². The van der Waals surface area contributed by atoms with Gasteiger partial charge in [-0.15, -0.1) is 0 Å². The van der Waals surface area contributed by atoms with Crippen LogP contribution in [0.2, 0.25) is 0 Å². The van der Waals surface area contributed by atoms with Crippen LogP contribution >= 0.6 is 0 Å². The topological polar surface area (TPSA) is 199 Å². The van der Waals surface area contributed by atoms with Gasteiger partial charge < -0.3 is 31.5 Å². The molecule has 0 spiro atoms. The van der Waals surface area contributed by atoms with Crippen molar-refractivity contribution >= 4 is 35.7 Å². The first-order valence-corrected chi connectivity index (χ1v) is 12.6. The average molecular weight is 554 g/mol. The fourth-order valence-electron chi connectivity index (χ4n) is 4.33. The van der Waals surface area contributed by atoms with Crippen LogP contribution in [0.25, 0.3) is 0 Å². The number of urea groups is 1. The summed E-state index contributed by atoms with van der Waals surface area (Å²) in [5.74, 6) is -5.46. The maximum atomic E-state index is 13.2. The molecule has 13 heteroatoms. The van der Waals surface area contributed by atoms with E-state index in [4.69, 9.17) is 5.73 Å². The van der Waals surface area contributed by atoms with Crippen molar-refractivity contribution in [2.75, 3.05) is 13.1 Å². The van der Waals surface area contributed by atoms with Crippen molar-refractivity contribution in [3.8, 4) is 0 Å². The Morgan fingerprint density at radius 1 is 0.925 bits per heavy atom. The maximum Gasteiger partial charge on any atom is 0.330 e. The van der Waals surface area contributed by atoms with E-state index in [1.54, 1.807) is 42.5 Å².